The van der Waals surface area contributed by atoms with Crippen molar-refractivity contribution in [2.45, 2.75) is 13.5 Å². The number of thiazole rings is 1. The molecule has 1 N–H and O–H groups in total. The molecule has 88 valence electrons. The van der Waals surface area contributed by atoms with Gasteiger partial charge in [0.15, 0.2) is 0 Å². The van der Waals surface area contributed by atoms with Gasteiger partial charge in [-0.1, -0.05) is 0 Å². The first kappa shape index (κ1) is 12.2. The third kappa shape index (κ3) is 3.34. The summed E-state index contributed by atoms with van der Waals surface area (Å²) in [4.78, 5) is 20.9. The van der Waals surface area contributed by atoms with Crippen molar-refractivity contribution in [1.82, 2.24) is 15.3 Å². The summed E-state index contributed by atoms with van der Waals surface area (Å²) in [5.74, 6) is -0.134. The number of carbonyl (C=O) groups is 1. The maximum atomic E-state index is 11.8. The molecule has 0 saturated carbocycles. The van der Waals surface area contributed by atoms with Gasteiger partial charge in [-0.25, -0.2) is 4.98 Å². The Morgan fingerprint density at radius 1 is 1.47 bits per heavy atom. The summed E-state index contributed by atoms with van der Waals surface area (Å²) in [6.07, 6.45) is 4.96. The molecule has 17 heavy (non-hydrogen) atoms. The zero-order valence-electron chi connectivity index (χ0n) is 9.11. The lowest BCUT2D eigenvalue weighted by atomic mass is 10.3. The molecule has 0 fully saturated rings. The summed E-state index contributed by atoms with van der Waals surface area (Å²) in [7, 11) is 0. The molecule has 2 aromatic heterocycles. The van der Waals surface area contributed by atoms with E-state index in [1.165, 1.54) is 6.20 Å². The monoisotopic (exact) mass is 311 g/mol. The van der Waals surface area contributed by atoms with Gasteiger partial charge in [-0.05, 0) is 28.9 Å². The number of carbonyl (C=O) groups excluding carboxylic acids is 1. The zero-order valence-corrected chi connectivity index (χ0v) is 11.5. The molecule has 2 aromatic rings. The van der Waals surface area contributed by atoms with Crippen LogP contribution in [0.5, 0.6) is 0 Å². The molecule has 0 aliphatic rings. The van der Waals surface area contributed by atoms with Crippen LogP contribution < -0.4 is 5.32 Å². The van der Waals surface area contributed by atoms with Crippen molar-refractivity contribution >= 4 is 33.2 Å². The first-order valence-electron chi connectivity index (χ1n) is 4.95. The molecule has 0 radical (unpaired) electrons. The standard InChI is InChI=1S/C11H10BrN3OS/c1-7-14-5-10(17-7)6-15-11(16)8-2-9(12)4-13-3-8/h2-5H,6H2,1H3,(H,15,16). The summed E-state index contributed by atoms with van der Waals surface area (Å²) < 4.78 is 0.791. The molecule has 1 amide bonds. The normalized spacial score (nSPS) is 10.2. The van der Waals surface area contributed by atoms with Crippen LogP contribution in [0.1, 0.15) is 20.2 Å². The Morgan fingerprint density at radius 2 is 2.29 bits per heavy atom. The smallest absolute Gasteiger partial charge is 0.253 e. The van der Waals surface area contributed by atoms with E-state index in [9.17, 15) is 4.79 Å². The van der Waals surface area contributed by atoms with Crippen LogP contribution in [0.2, 0.25) is 0 Å². The van der Waals surface area contributed by atoms with Gasteiger partial charge in [-0.2, -0.15) is 0 Å². The molecule has 6 heteroatoms. The third-order valence-corrected chi connectivity index (χ3v) is 3.41. The summed E-state index contributed by atoms with van der Waals surface area (Å²) >= 11 is 4.86. The fraction of sp³-hybridized carbons (Fsp3) is 0.182. The third-order valence-electron chi connectivity index (χ3n) is 2.06. The molecule has 0 bridgehead atoms. The number of hydrogen-bond acceptors (Lipinski definition) is 4. The summed E-state index contributed by atoms with van der Waals surface area (Å²) in [5.41, 5.74) is 0.542. The number of hydrogen-bond donors (Lipinski definition) is 1. The predicted octanol–water partition coefficient (Wildman–Crippen LogP) is 2.54. The average Bonchev–Trinajstić information content (AvgIpc) is 2.72. The summed E-state index contributed by atoms with van der Waals surface area (Å²) in [5, 5.41) is 3.82. The van der Waals surface area contributed by atoms with Crippen LogP contribution in [-0.2, 0) is 6.54 Å². The van der Waals surface area contributed by atoms with Gasteiger partial charge in [0.2, 0.25) is 0 Å². The largest absolute Gasteiger partial charge is 0.347 e. The van der Waals surface area contributed by atoms with E-state index in [-0.39, 0.29) is 5.91 Å². The van der Waals surface area contributed by atoms with Crippen molar-refractivity contribution in [3.05, 3.63) is 44.6 Å². The molecule has 4 nitrogen and oxygen atoms in total. The highest BCUT2D eigenvalue weighted by Crippen LogP contribution is 2.12. The SMILES string of the molecule is Cc1ncc(CNC(=O)c2cncc(Br)c2)s1. The lowest BCUT2D eigenvalue weighted by Crippen LogP contribution is -2.22. The Kier molecular flexibility index (Phi) is 3.86. The molecular formula is C11H10BrN3OS. The number of nitrogens with zero attached hydrogens (tertiary/aromatic N) is 2. The maximum absolute atomic E-state index is 11.8. The number of aromatic nitrogens is 2. The Balaban J connectivity index is 1.98. The highest BCUT2D eigenvalue weighted by Gasteiger charge is 2.07. The first-order chi connectivity index (χ1) is 8.15. The molecule has 0 saturated heterocycles. The molecule has 2 rings (SSSR count). The molecule has 2 heterocycles. The number of rotatable bonds is 3. The lowest BCUT2D eigenvalue weighted by Gasteiger charge is -2.03. The Hall–Kier alpha value is -1.27. The van der Waals surface area contributed by atoms with E-state index in [0.717, 1.165) is 14.4 Å². The minimum absolute atomic E-state index is 0.134. The van der Waals surface area contributed by atoms with Crippen LogP contribution in [0.4, 0.5) is 0 Å². The van der Waals surface area contributed by atoms with Crippen molar-refractivity contribution < 1.29 is 4.79 Å². The number of pyridine rings is 1. The lowest BCUT2D eigenvalue weighted by molar-refractivity contribution is 0.0951. The van der Waals surface area contributed by atoms with Gasteiger partial charge >= 0.3 is 0 Å². The fourth-order valence-corrected chi connectivity index (χ4v) is 2.39. The minimum Gasteiger partial charge on any atom is -0.347 e. The van der Waals surface area contributed by atoms with E-state index < -0.39 is 0 Å². The maximum Gasteiger partial charge on any atom is 0.253 e. The molecule has 0 aliphatic carbocycles. The van der Waals surface area contributed by atoms with E-state index in [1.807, 2.05) is 6.92 Å². The highest BCUT2D eigenvalue weighted by atomic mass is 79.9. The van der Waals surface area contributed by atoms with E-state index in [4.69, 9.17) is 0 Å². The van der Waals surface area contributed by atoms with Crippen molar-refractivity contribution in [1.29, 1.82) is 0 Å². The number of nitrogens with one attached hydrogen (secondary N) is 1. The van der Waals surface area contributed by atoms with Gasteiger partial charge in [0.25, 0.3) is 5.91 Å². The van der Waals surface area contributed by atoms with E-state index in [1.54, 1.807) is 29.8 Å². The van der Waals surface area contributed by atoms with Crippen LogP contribution in [0, 0.1) is 6.92 Å². The van der Waals surface area contributed by atoms with Crippen LogP contribution in [0.15, 0.2) is 29.1 Å². The first-order valence-corrected chi connectivity index (χ1v) is 6.56. The van der Waals surface area contributed by atoms with Crippen LogP contribution in [-0.4, -0.2) is 15.9 Å². The van der Waals surface area contributed by atoms with Crippen molar-refractivity contribution in [3.8, 4) is 0 Å². The molecule has 0 aliphatic heterocycles. The number of amides is 1. The summed E-state index contributed by atoms with van der Waals surface area (Å²) in [6.45, 7) is 2.44. The second kappa shape index (κ2) is 5.37. The van der Waals surface area contributed by atoms with Crippen LogP contribution >= 0.6 is 27.3 Å². The second-order valence-corrected chi connectivity index (χ2v) is 5.66. The fourth-order valence-electron chi connectivity index (χ4n) is 1.29. The zero-order chi connectivity index (χ0) is 12.3. The predicted molar refractivity (Wildman–Crippen MR) is 70.0 cm³/mol. The van der Waals surface area contributed by atoms with Gasteiger partial charge in [0, 0.05) is 27.9 Å². The van der Waals surface area contributed by atoms with Crippen LogP contribution in [0.3, 0.4) is 0 Å². The molecular weight excluding hydrogens is 302 g/mol. The van der Waals surface area contributed by atoms with Crippen molar-refractivity contribution in [2.24, 2.45) is 0 Å². The minimum atomic E-state index is -0.134. The van der Waals surface area contributed by atoms with E-state index in [2.05, 4.69) is 31.2 Å². The van der Waals surface area contributed by atoms with Gasteiger partial charge in [0.1, 0.15) is 0 Å². The Labute approximate surface area is 111 Å². The Bertz CT molecular complexity index is 541. The molecule has 0 unspecified atom stereocenters. The van der Waals surface area contributed by atoms with Crippen molar-refractivity contribution in [3.63, 3.8) is 0 Å². The number of aryl methyl sites for hydroxylation is 1. The topological polar surface area (TPSA) is 54.9 Å². The Morgan fingerprint density at radius 3 is 2.94 bits per heavy atom. The van der Waals surface area contributed by atoms with Gasteiger partial charge in [-0.15, -0.1) is 11.3 Å². The van der Waals surface area contributed by atoms with Crippen LogP contribution in [0.25, 0.3) is 0 Å². The number of halogens is 1. The highest BCUT2D eigenvalue weighted by molar-refractivity contribution is 9.10. The molecule has 0 spiro atoms. The second-order valence-electron chi connectivity index (χ2n) is 3.42. The van der Waals surface area contributed by atoms with Crippen molar-refractivity contribution in [2.75, 3.05) is 0 Å². The summed E-state index contributed by atoms with van der Waals surface area (Å²) in [6, 6.07) is 1.74. The van der Waals surface area contributed by atoms with Gasteiger partial charge in [-0.3, -0.25) is 9.78 Å². The molecule has 0 aromatic carbocycles. The quantitative estimate of drug-likeness (QED) is 0.947. The van der Waals surface area contributed by atoms with E-state index in [0.29, 0.717) is 12.1 Å². The van der Waals surface area contributed by atoms with E-state index >= 15 is 0 Å². The van der Waals surface area contributed by atoms with Gasteiger partial charge < -0.3 is 5.32 Å². The average molecular weight is 312 g/mol. The molecule has 0 atom stereocenters. The van der Waals surface area contributed by atoms with Gasteiger partial charge in [0.05, 0.1) is 17.1 Å².